The second-order valence-electron chi connectivity index (χ2n) is 6.54. The summed E-state index contributed by atoms with van der Waals surface area (Å²) >= 11 is 0. The quantitative estimate of drug-likeness (QED) is 0.393. The summed E-state index contributed by atoms with van der Waals surface area (Å²) in [4.78, 5) is 24.9. The van der Waals surface area contributed by atoms with Crippen LogP contribution in [0.4, 0.5) is 22.0 Å². The molecule has 1 atom stereocenters. The number of hydrogen-bond donors (Lipinski definition) is 4. The molecule has 6 N–H and O–H groups in total. The van der Waals surface area contributed by atoms with Crippen molar-refractivity contribution in [2.24, 2.45) is 10.7 Å². The number of hydrogen-bond acceptors (Lipinski definition) is 5. The van der Waals surface area contributed by atoms with Crippen molar-refractivity contribution in [3.05, 3.63) is 77.7 Å². The minimum Gasteiger partial charge on any atom is -0.398 e. The van der Waals surface area contributed by atoms with E-state index in [1.54, 1.807) is 18.3 Å². The van der Waals surface area contributed by atoms with Gasteiger partial charge in [-0.2, -0.15) is 0 Å². The van der Waals surface area contributed by atoms with Gasteiger partial charge in [-0.1, -0.05) is 30.3 Å². The molecule has 0 radical (unpaired) electrons. The Morgan fingerprint density at radius 1 is 1.14 bits per heavy atom. The zero-order valence-electron chi connectivity index (χ0n) is 16.3. The molecule has 0 unspecified atom stereocenters. The first-order chi connectivity index (χ1) is 13.9. The summed E-state index contributed by atoms with van der Waals surface area (Å²) in [5.74, 6) is 0.547. The normalized spacial score (nSPS) is 12.3. The number of carbonyl (C=O) groups is 1. The third-order valence-corrected chi connectivity index (χ3v) is 4.23. The van der Waals surface area contributed by atoms with Gasteiger partial charge in [-0.05, 0) is 31.5 Å². The number of aromatic nitrogens is 2. The molecule has 8 nitrogen and oxygen atoms in total. The van der Waals surface area contributed by atoms with Crippen molar-refractivity contribution < 1.29 is 4.79 Å². The van der Waals surface area contributed by atoms with Gasteiger partial charge in [0.2, 0.25) is 0 Å². The third kappa shape index (κ3) is 5.29. The molecular weight excluding hydrogens is 366 g/mol. The Morgan fingerprint density at radius 3 is 2.59 bits per heavy atom. The minimum atomic E-state index is -0.380. The first kappa shape index (κ1) is 19.8. The maximum Gasteiger partial charge on any atom is 0.320 e. The minimum absolute atomic E-state index is 0.153. The van der Waals surface area contributed by atoms with E-state index in [0.717, 1.165) is 11.3 Å². The lowest BCUT2D eigenvalue weighted by atomic mass is 10.1. The number of aliphatic imine (C=N–C) groups is 1. The molecule has 1 aromatic carbocycles. The molecule has 3 aromatic rings. The predicted octanol–water partition coefficient (Wildman–Crippen LogP) is 3.29. The van der Waals surface area contributed by atoms with Crippen LogP contribution < -0.4 is 22.1 Å². The number of nitrogens with one attached hydrogen (secondary N) is 2. The van der Waals surface area contributed by atoms with Crippen LogP contribution >= 0.6 is 0 Å². The fourth-order valence-electron chi connectivity index (χ4n) is 2.73. The fraction of sp³-hybridized carbons (Fsp3) is 0.143. The van der Waals surface area contributed by atoms with Gasteiger partial charge in [0.1, 0.15) is 11.7 Å². The zero-order chi connectivity index (χ0) is 20.8. The van der Waals surface area contributed by atoms with E-state index in [2.05, 4.69) is 25.6 Å². The van der Waals surface area contributed by atoms with Crippen LogP contribution in [0.2, 0.25) is 0 Å². The van der Waals surface area contributed by atoms with E-state index in [1.165, 1.54) is 6.20 Å². The Kier molecular flexibility index (Phi) is 6.03. The number of anilines is 2. The summed E-state index contributed by atoms with van der Waals surface area (Å²) in [7, 11) is 0. The van der Waals surface area contributed by atoms with Crippen LogP contribution in [-0.4, -0.2) is 21.8 Å². The van der Waals surface area contributed by atoms with Gasteiger partial charge in [0, 0.05) is 29.8 Å². The molecule has 0 bridgehead atoms. The van der Waals surface area contributed by atoms with E-state index >= 15 is 0 Å². The van der Waals surface area contributed by atoms with Crippen LogP contribution in [0.15, 0.2) is 65.9 Å². The summed E-state index contributed by atoms with van der Waals surface area (Å²) in [5.41, 5.74) is 15.5. The molecule has 0 aliphatic heterocycles. The SMILES string of the molecule is Cc1cc(N=C(N)c2cnc(NC(=O)N[C@H](C)c3ccccc3)cc2N)ccn1. The summed E-state index contributed by atoms with van der Waals surface area (Å²) < 4.78 is 0. The summed E-state index contributed by atoms with van der Waals surface area (Å²) in [6.07, 6.45) is 3.14. The molecule has 8 heteroatoms. The van der Waals surface area contributed by atoms with Crippen molar-refractivity contribution in [3.63, 3.8) is 0 Å². The number of nitrogens with zero attached hydrogens (tertiary/aromatic N) is 3. The lowest BCUT2D eigenvalue weighted by Crippen LogP contribution is -2.31. The third-order valence-electron chi connectivity index (χ3n) is 4.23. The van der Waals surface area contributed by atoms with Crippen LogP contribution in [0.1, 0.15) is 29.8 Å². The van der Waals surface area contributed by atoms with Gasteiger partial charge in [0.25, 0.3) is 0 Å². The van der Waals surface area contributed by atoms with E-state index in [-0.39, 0.29) is 17.9 Å². The average Bonchev–Trinajstić information content (AvgIpc) is 2.68. The maximum atomic E-state index is 12.2. The molecule has 2 aromatic heterocycles. The molecular formula is C21H23N7O. The standard InChI is InChI=1S/C21H23N7O/c1-13-10-16(8-9-24-13)27-20(23)17-12-25-19(11-18(17)22)28-21(29)26-14(2)15-6-4-3-5-7-15/h3-12,14H,1-2H3,(H2,23,24,27)(H4,22,25,26,28,29)/t14-/m1/s1. The van der Waals surface area contributed by atoms with Gasteiger partial charge >= 0.3 is 6.03 Å². The monoisotopic (exact) mass is 389 g/mol. The van der Waals surface area contributed by atoms with Crippen molar-refractivity contribution in [3.8, 4) is 0 Å². The molecule has 0 aliphatic rings. The number of amides is 2. The first-order valence-corrected chi connectivity index (χ1v) is 9.07. The number of pyridine rings is 2. The van der Waals surface area contributed by atoms with Gasteiger partial charge in [-0.3, -0.25) is 10.3 Å². The fourth-order valence-corrected chi connectivity index (χ4v) is 2.73. The lowest BCUT2D eigenvalue weighted by molar-refractivity contribution is 0.249. The molecule has 29 heavy (non-hydrogen) atoms. The van der Waals surface area contributed by atoms with Gasteiger partial charge < -0.3 is 16.8 Å². The number of amidine groups is 1. The second-order valence-corrected chi connectivity index (χ2v) is 6.54. The Hall–Kier alpha value is -3.94. The van der Waals surface area contributed by atoms with E-state index < -0.39 is 0 Å². The summed E-state index contributed by atoms with van der Waals surface area (Å²) in [5, 5.41) is 5.53. The molecule has 148 valence electrons. The molecule has 3 rings (SSSR count). The highest BCUT2D eigenvalue weighted by molar-refractivity contribution is 6.03. The van der Waals surface area contributed by atoms with Crippen molar-refractivity contribution >= 4 is 29.1 Å². The van der Waals surface area contributed by atoms with E-state index in [9.17, 15) is 4.79 Å². The number of carbonyl (C=O) groups excluding carboxylic acids is 1. The Labute approximate surface area is 169 Å². The highest BCUT2D eigenvalue weighted by atomic mass is 16.2. The van der Waals surface area contributed by atoms with Gasteiger partial charge in [0.15, 0.2) is 0 Å². The predicted molar refractivity (Wildman–Crippen MR) is 115 cm³/mol. The number of nitrogens with two attached hydrogens (primary N) is 2. The Balaban J connectivity index is 1.68. The molecule has 0 saturated carbocycles. The number of nitrogen functional groups attached to an aromatic ring is 1. The molecule has 0 saturated heterocycles. The zero-order valence-corrected chi connectivity index (χ0v) is 16.3. The highest BCUT2D eigenvalue weighted by Crippen LogP contribution is 2.18. The molecule has 0 spiro atoms. The van der Waals surface area contributed by atoms with Crippen molar-refractivity contribution in [1.82, 2.24) is 15.3 Å². The second kappa shape index (κ2) is 8.83. The number of aryl methyl sites for hydroxylation is 1. The average molecular weight is 389 g/mol. The van der Waals surface area contributed by atoms with Gasteiger partial charge in [-0.25, -0.2) is 14.8 Å². The Bertz CT molecular complexity index is 1030. The highest BCUT2D eigenvalue weighted by Gasteiger charge is 2.12. The van der Waals surface area contributed by atoms with Crippen LogP contribution in [0.25, 0.3) is 0 Å². The first-order valence-electron chi connectivity index (χ1n) is 9.07. The van der Waals surface area contributed by atoms with Crippen molar-refractivity contribution in [1.29, 1.82) is 0 Å². The molecule has 2 heterocycles. The largest absolute Gasteiger partial charge is 0.398 e. The van der Waals surface area contributed by atoms with E-state index in [4.69, 9.17) is 11.5 Å². The molecule has 0 aliphatic carbocycles. The smallest absolute Gasteiger partial charge is 0.320 e. The van der Waals surface area contributed by atoms with E-state index in [0.29, 0.717) is 22.8 Å². The number of urea groups is 1. The maximum absolute atomic E-state index is 12.2. The number of rotatable bonds is 5. The van der Waals surface area contributed by atoms with Crippen molar-refractivity contribution in [2.45, 2.75) is 19.9 Å². The molecule has 2 amide bonds. The van der Waals surface area contributed by atoms with Crippen LogP contribution in [0.5, 0.6) is 0 Å². The molecule has 0 fully saturated rings. The van der Waals surface area contributed by atoms with E-state index in [1.807, 2.05) is 50.2 Å². The van der Waals surface area contributed by atoms with Gasteiger partial charge in [-0.15, -0.1) is 0 Å². The number of benzene rings is 1. The van der Waals surface area contributed by atoms with Crippen LogP contribution in [0.3, 0.4) is 0 Å². The van der Waals surface area contributed by atoms with Crippen LogP contribution in [0, 0.1) is 6.92 Å². The summed E-state index contributed by atoms with van der Waals surface area (Å²) in [6, 6.07) is 14.2. The topological polar surface area (TPSA) is 131 Å². The lowest BCUT2D eigenvalue weighted by Gasteiger charge is -2.15. The Morgan fingerprint density at radius 2 is 1.90 bits per heavy atom. The summed E-state index contributed by atoms with van der Waals surface area (Å²) in [6.45, 7) is 3.77. The van der Waals surface area contributed by atoms with Crippen molar-refractivity contribution in [2.75, 3.05) is 11.1 Å². The van der Waals surface area contributed by atoms with Crippen LogP contribution in [-0.2, 0) is 0 Å². The van der Waals surface area contributed by atoms with Gasteiger partial charge in [0.05, 0.1) is 17.3 Å².